The second kappa shape index (κ2) is 6.49. The summed E-state index contributed by atoms with van der Waals surface area (Å²) in [5.74, 6) is 1.10. The van der Waals surface area contributed by atoms with Crippen molar-refractivity contribution in [3.8, 4) is 0 Å². The fraction of sp³-hybridized carbons (Fsp3) is 0.692. The van der Waals surface area contributed by atoms with E-state index in [1.54, 1.807) is 0 Å². The summed E-state index contributed by atoms with van der Waals surface area (Å²) < 4.78 is 0. The molecular weight excluding hydrogens is 258 g/mol. The van der Waals surface area contributed by atoms with E-state index in [-0.39, 0.29) is 17.5 Å². The molecule has 1 aliphatic rings. The predicted molar refractivity (Wildman–Crippen MR) is 77.4 cm³/mol. The first-order valence-electron chi connectivity index (χ1n) is 7.09. The Kier molecular flexibility index (Phi) is 4.70. The summed E-state index contributed by atoms with van der Waals surface area (Å²) in [7, 11) is 0. The molecule has 0 amide bonds. The topological polar surface area (TPSA) is 107 Å². The second-order valence-electron chi connectivity index (χ2n) is 5.49. The largest absolute Gasteiger partial charge is 0.378 e. The van der Waals surface area contributed by atoms with Gasteiger partial charge in [-0.1, -0.05) is 25.7 Å². The van der Waals surface area contributed by atoms with Gasteiger partial charge in [0.15, 0.2) is 0 Å². The molecule has 1 unspecified atom stereocenters. The monoisotopic (exact) mass is 279 g/mol. The molecule has 20 heavy (non-hydrogen) atoms. The lowest BCUT2D eigenvalue weighted by atomic mass is 9.99. The highest BCUT2D eigenvalue weighted by Crippen LogP contribution is 2.29. The summed E-state index contributed by atoms with van der Waals surface area (Å²) in [4.78, 5) is 17.9. The van der Waals surface area contributed by atoms with Gasteiger partial charge < -0.3 is 11.1 Å². The smallest absolute Gasteiger partial charge is 0.329 e. The molecule has 0 spiro atoms. The number of anilines is 2. The zero-order valence-electron chi connectivity index (χ0n) is 11.7. The molecule has 0 saturated heterocycles. The van der Waals surface area contributed by atoms with Crippen LogP contribution in [0.2, 0.25) is 0 Å². The maximum atomic E-state index is 10.6. The first-order chi connectivity index (χ1) is 9.56. The van der Waals surface area contributed by atoms with Crippen LogP contribution in [0.3, 0.4) is 0 Å². The minimum Gasteiger partial charge on any atom is -0.378 e. The van der Waals surface area contributed by atoms with Gasteiger partial charge in [-0.25, -0.2) is 4.98 Å². The summed E-state index contributed by atoms with van der Waals surface area (Å²) >= 11 is 0. The first kappa shape index (κ1) is 14.5. The number of nitro groups is 1. The highest BCUT2D eigenvalue weighted by atomic mass is 16.6. The predicted octanol–water partition coefficient (Wildman–Crippen LogP) is 2.74. The van der Waals surface area contributed by atoms with Gasteiger partial charge >= 0.3 is 5.69 Å². The van der Waals surface area contributed by atoms with Crippen LogP contribution in [0.4, 0.5) is 17.5 Å². The maximum absolute atomic E-state index is 10.6. The minimum atomic E-state index is -0.581. The van der Waals surface area contributed by atoms with Gasteiger partial charge in [-0.05, 0) is 25.7 Å². The van der Waals surface area contributed by atoms with Crippen molar-refractivity contribution >= 4 is 17.5 Å². The number of rotatable bonds is 6. The van der Waals surface area contributed by atoms with Gasteiger partial charge in [-0.2, -0.15) is 4.98 Å². The van der Waals surface area contributed by atoms with Crippen LogP contribution in [-0.2, 0) is 0 Å². The van der Waals surface area contributed by atoms with Crippen molar-refractivity contribution in [3.05, 3.63) is 16.3 Å². The van der Waals surface area contributed by atoms with E-state index in [2.05, 4.69) is 22.2 Å². The fourth-order valence-electron chi connectivity index (χ4n) is 2.68. The zero-order chi connectivity index (χ0) is 14.5. The van der Waals surface area contributed by atoms with E-state index in [0.717, 1.165) is 18.5 Å². The molecule has 0 aliphatic heterocycles. The van der Waals surface area contributed by atoms with Crippen LogP contribution < -0.4 is 11.1 Å². The first-order valence-corrected chi connectivity index (χ1v) is 7.09. The van der Waals surface area contributed by atoms with Gasteiger partial charge in [0.1, 0.15) is 6.20 Å². The Labute approximate surface area is 118 Å². The summed E-state index contributed by atoms with van der Waals surface area (Å²) in [5, 5.41) is 13.8. The van der Waals surface area contributed by atoms with Crippen molar-refractivity contribution in [2.45, 2.75) is 51.5 Å². The molecule has 0 aromatic carbocycles. The molecule has 1 aliphatic carbocycles. The maximum Gasteiger partial charge on any atom is 0.329 e. The number of hydrogen-bond donors (Lipinski definition) is 2. The Morgan fingerprint density at radius 2 is 2.25 bits per heavy atom. The fourth-order valence-corrected chi connectivity index (χ4v) is 2.68. The van der Waals surface area contributed by atoms with Crippen LogP contribution in [0.25, 0.3) is 0 Å². The second-order valence-corrected chi connectivity index (χ2v) is 5.49. The third-order valence-electron chi connectivity index (χ3n) is 3.85. The molecule has 3 N–H and O–H groups in total. The summed E-state index contributed by atoms with van der Waals surface area (Å²) in [6.45, 7) is 2.07. The van der Waals surface area contributed by atoms with Crippen molar-refractivity contribution in [1.29, 1.82) is 0 Å². The van der Waals surface area contributed by atoms with Crippen LogP contribution in [0.15, 0.2) is 6.20 Å². The van der Waals surface area contributed by atoms with Gasteiger partial charge in [-0.3, -0.25) is 10.1 Å². The number of nitrogens with zero attached hydrogens (tertiary/aromatic N) is 3. The standard InChI is InChI=1S/C13H21N5O2/c1-9(6-7-10-4-2-3-5-10)16-13-15-8-11(18(19)20)12(14)17-13/h8-10H,2-7H2,1H3,(H3,14,15,16,17). The Morgan fingerprint density at radius 3 is 2.85 bits per heavy atom. The molecule has 1 atom stereocenters. The third-order valence-corrected chi connectivity index (χ3v) is 3.85. The van der Waals surface area contributed by atoms with Crippen LogP contribution in [0, 0.1) is 16.0 Å². The van der Waals surface area contributed by atoms with Gasteiger partial charge in [0.2, 0.25) is 11.8 Å². The number of hydrogen-bond acceptors (Lipinski definition) is 6. The molecule has 7 heteroatoms. The minimum absolute atomic E-state index is 0.101. The van der Waals surface area contributed by atoms with Crippen molar-refractivity contribution in [2.75, 3.05) is 11.1 Å². The molecule has 0 bridgehead atoms. The highest BCUT2D eigenvalue weighted by molar-refractivity contribution is 5.53. The number of nitrogens with one attached hydrogen (secondary N) is 1. The summed E-state index contributed by atoms with van der Waals surface area (Å²) in [5.41, 5.74) is 5.28. The Balaban J connectivity index is 1.85. The van der Waals surface area contributed by atoms with Crippen LogP contribution in [-0.4, -0.2) is 20.9 Å². The summed E-state index contributed by atoms with van der Waals surface area (Å²) in [6.07, 6.45) is 8.79. The van der Waals surface area contributed by atoms with Crippen molar-refractivity contribution in [1.82, 2.24) is 9.97 Å². The number of nitrogen functional groups attached to an aromatic ring is 1. The van der Waals surface area contributed by atoms with Crippen LogP contribution >= 0.6 is 0 Å². The molecule has 7 nitrogen and oxygen atoms in total. The molecular formula is C13H21N5O2. The highest BCUT2D eigenvalue weighted by Gasteiger charge is 2.17. The van der Waals surface area contributed by atoms with Crippen molar-refractivity contribution in [2.24, 2.45) is 5.92 Å². The van der Waals surface area contributed by atoms with Gasteiger partial charge in [0, 0.05) is 6.04 Å². The summed E-state index contributed by atoms with van der Waals surface area (Å²) in [6, 6.07) is 0.233. The molecule has 1 heterocycles. The molecule has 0 radical (unpaired) electrons. The lowest BCUT2D eigenvalue weighted by Crippen LogP contribution is -2.18. The Bertz CT molecular complexity index is 474. The van der Waals surface area contributed by atoms with E-state index in [1.807, 2.05) is 0 Å². The molecule has 1 saturated carbocycles. The van der Waals surface area contributed by atoms with Gasteiger partial charge in [0.25, 0.3) is 0 Å². The molecule has 2 rings (SSSR count). The van der Waals surface area contributed by atoms with Crippen molar-refractivity contribution in [3.63, 3.8) is 0 Å². The van der Waals surface area contributed by atoms with E-state index in [4.69, 9.17) is 5.73 Å². The normalized spacial score (nSPS) is 17.1. The Hall–Kier alpha value is -1.92. The number of aromatic nitrogens is 2. The van der Waals surface area contributed by atoms with Gasteiger partial charge in [-0.15, -0.1) is 0 Å². The van der Waals surface area contributed by atoms with E-state index in [0.29, 0.717) is 5.95 Å². The zero-order valence-corrected chi connectivity index (χ0v) is 11.7. The number of nitrogens with two attached hydrogens (primary N) is 1. The van der Waals surface area contributed by atoms with Crippen LogP contribution in [0.1, 0.15) is 45.4 Å². The molecule has 1 aromatic heterocycles. The van der Waals surface area contributed by atoms with Crippen molar-refractivity contribution < 1.29 is 4.92 Å². The Morgan fingerprint density at radius 1 is 1.55 bits per heavy atom. The lowest BCUT2D eigenvalue weighted by molar-refractivity contribution is -0.384. The van der Waals surface area contributed by atoms with E-state index >= 15 is 0 Å². The van der Waals surface area contributed by atoms with E-state index < -0.39 is 4.92 Å². The SMILES string of the molecule is CC(CCC1CCCC1)Nc1ncc([N+](=O)[O-])c(N)n1. The molecule has 110 valence electrons. The quantitative estimate of drug-likeness (QED) is 0.612. The lowest BCUT2D eigenvalue weighted by Gasteiger charge is -2.16. The average molecular weight is 279 g/mol. The molecule has 1 aromatic rings. The third kappa shape index (κ3) is 3.79. The molecule has 1 fully saturated rings. The van der Waals surface area contributed by atoms with E-state index in [9.17, 15) is 10.1 Å². The van der Waals surface area contributed by atoms with Gasteiger partial charge in [0.05, 0.1) is 4.92 Å². The average Bonchev–Trinajstić information content (AvgIpc) is 2.89. The van der Waals surface area contributed by atoms with E-state index in [1.165, 1.54) is 32.1 Å². The van der Waals surface area contributed by atoms with Crippen LogP contribution in [0.5, 0.6) is 0 Å².